The molecule has 3 rings (SSSR count). The summed E-state index contributed by atoms with van der Waals surface area (Å²) in [6, 6.07) is 4.14. The summed E-state index contributed by atoms with van der Waals surface area (Å²) in [6.07, 6.45) is 4.09. The van der Waals surface area contributed by atoms with Gasteiger partial charge in [-0.05, 0) is 25.0 Å². The fourth-order valence-electron chi connectivity index (χ4n) is 1.76. The van der Waals surface area contributed by atoms with Gasteiger partial charge in [0.25, 0.3) is 0 Å². The molecule has 0 spiro atoms. The summed E-state index contributed by atoms with van der Waals surface area (Å²) in [7, 11) is 1.86. The van der Waals surface area contributed by atoms with Crippen LogP contribution in [0.25, 0.3) is 11.0 Å². The molecule has 15 heavy (non-hydrogen) atoms. The van der Waals surface area contributed by atoms with E-state index in [-0.39, 0.29) is 0 Å². The fourth-order valence-corrected chi connectivity index (χ4v) is 1.76. The number of pyridine rings is 1. The highest BCUT2D eigenvalue weighted by Crippen LogP contribution is 2.39. The summed E-state index contributed by atoms with van der Waals surface area (Å²) in [6.45, 7) is 0. The number of nitrogens with zero attached hydrogens (tertiary/aromatic N) is 3. The van der Waals surface area contributed by atoms with Crippen LogP contribution in [-0.2, 0) is 0 Å². The minimum Gasteiger partial charge on any atom is -0.372 e. The van der Waals surface area contributed by atoms with E-state index in [1.54, 1.807) is 6.33 Å². The van der Waals surface area contributed by atoms with Crippen molar-refractivity contribution in [2.45, 2.75) is 18.8 Å². The molecule has 0 amide bonds. The van der Waals surface area contributed by atoms with Gasteiger partial charge in [-0.2, -0.15) is 0 Å². The van der Waals surface area contributed by atoms with Gasteiger partial charge in [-0.15, -0.1) is 0 Å². The van der Waals surface area contributed by atoms with E-state index in [1.165, 1.54) is 18.5 Å². The lowest BCUT2D eigenvalue weighted by molar-refractivity contribution is 1.03. The summed E-state index contributed by atoms with van der Waals surface area (Å²) >= 11 is 0. The number of hydrogen-bond donors (Lipinski definition) is 1. The largest absolute Gasteiger partial charge is 0.372 e. The SMILES string of the molecule is CNc1ncnc2nc(C3CC3)ccc12. The van der Waals surface area contributed by atoms with Gasteiger partial charge in [0.2, 0.25) is 0 Å². The van der Waals surface area contributed by atoms with E-state index in [0.29, 0.717) is 5.92 Å². The molecule has 0 unspecified atom stereocenters. The van der Waals surface area contributed by atoms with Gasteiger partial charge in [-0.3, -0.25) is 0 Å². The van der Waals surface area contributed by atoms with Gasteiger partial charge < -0.3 is 5.32 Å². The van der Waals surface area contributed by atoms with E-state index < -0.39 is 0 Å². The average molecular weight is 200 g/mol. The summed E-state index contributed by atoms with van der Waals surface area (Å²) < 4.78 is 0. The molecule has 0 aliphatic heterocycles. The normalized spacial score (nSPS) is 15.5. The van der Waals surface area contributed by atoms with Crippen LogP contribution in [0.3, 0.4) is 0 Å². The van der Waals surface area contributed by atoms with Crippen molar-refractivity contribution >= 4 is 16.9 Å². The summed E-state index contributed by atoms with van der Waals surface area (Å²) in [5.74, 6) is 1.51. The zero-order valence-electron chi connectivity index (χ0n) is 8.57. The third kappa shape index (κ3) is 1.42. The first-order valence-corrected chi connectivity index (χ1v) is 5.18. The van der Waals surface area contributed by atoms with Crippen molar-refractivity contribution in [1.29, 1.82) is 0 Å². The standard InChI is InChI=1S/C11H12N4/c1-12-10-8-4-5-9(7-2-3-7)15-11(8)14-6-13-10/h4-7H,2-3H2,1H3,(H,12,13,14,15). The van der Waals surface area contributed by atoms with Crippen LogP contribution >= 0.6 is 0 Å². The van der Waals surface area contributed by atoms with Gasteiger partial charge in [-0.25, -0.2) is 15.0 Å². The zero-order valence-corrected chi connectivity index (χ0v) is 8.57. The maximum absolute atomic E-state index is 4.55. The predicted molar refractivity (Wildman–Crippen MR) is 58.9 cm³/mol. The predicted octanol–water partition coefficient (Wildman–Crippen LogP) is 1.94. The van der Waals surface area contributed by atoms with Crippen LogP contribution in [-0.4, -0.2) is 22.0 Å². The van der Waals surface area contributed by atoms with E-state index in [2.05, 4.69) is 32.4 Å². The van der Waals surface area contributed by atoms with Crippen molar-refractivity contribution in [2.75, 3.05) is 12.4 Å². The second-order valence-electron chi connectivity index (χ2n) is 3.85. The van der Waals surface area contributed by atoms with E-state index >= 15 is 0 Å². The Labute approximate surface area is 87.8 Å². The highest BCUT2D eigenvalue weighted by Gasteiger charge is 2.25. The molecule has 4 nitrogen and oxygen atoms in total. The van der Waals surface area contributed by atoms with Crippen molar-refractivity contribution < 1.29 is 0 Å². The summed E-state index contributed by atoms with van der Waals surface area (Å²) in [5.41, 5.74) is 1.96. The Kier molecular flexibility index (Phi) is 1.80. The lowest BCUT2D eigenvalue weighted by Crippen LogP contribution is -1.97. The highest BCUT2D eigenvalue weighted by molar-refractivity contribution is 5.86. The van der Waals surface area contributed by atoms with Crippen LogP contribution in [0.15, 0.2) is 18.5 Å². The molecule has 2 heterocycles. The molecule has 0 aromatic carbocycles. The van der Waals surface area contributed by atoms with Crippen LogP contribution in [0, 0.1) is 0 Å². The van der Waals surface area contributed by atoms with E-state index in [9.17, 15) is 0 Å². The first kappa shape index (κ1) is 8.59. The topological polar surface area (TPSA) is 50.7 Å². The van der Waals surface area contributed by atoms with Crippen molar-refractivity contribution in [1.82, 2.24) is 15.0 Å². The van der Waals surface area contributed by atoms with Crippen LogP contribution in [0.2, 0.25) is 0 Å². The Morgan fingerprint density at radius 1 is 1.27 bits per heavy atom. The third-order valence-corrected chi connectivity index (χ3v) is 2.75. The molecule has 1 aliphatic rings. The molecule has 1 saturated carbocycles. The van der Waals surface area contributed by atoms with Crippen molar-refractivity contribution in [2.24, 2.45) is 0 Å². The third-order valence-electron chi connectivity index (χ3n) is 2.75. The Morgan fingerprint density at radius 3 is 2.87 bits per heavy atom. The molecule has 2 aromatic rings. The van der Waals surface area contributed by atoms with E-state index in [0.717, 1.165) is 16.9 Å². The van der Waals surface area contributed by atoms with Crippen LogP contribution in [0.1, 0.15) is 24.5 Å². The molecule has 0 radical (unpaired) electrons. The van der Waals surface area contributed by atoms with Crippen molar-refractivity contribution in [3.8, 4) is 0 Å². The summed E-state index contributed by atoms with van der Waals surface area (Å²) in [5, 5.41) is 4.03. The number of nitrogens with one attached hydrogen (secondary N) is 1. The number of hydrogen-bond acceptors (Lipinski definition) is 4. The smallest absolute Gasteiger partial charge is 0.164 e. The molecule has 0 saturated heterocycles. The number of fused-ring (bicyclic) bond motifs is 1. The van der Waals surface area contributed by atoms with Gasteiger partial charge >= 0.3 is 0 Å². The van der Waals surface area contributed by atoms with Gasteiger partial charge in [0.05, 0.1) is 5.39 Å². The summed E-state index contributed by atoms with van der Waals surface area (Å²) in [4.78, 5) is 12.9. The maximum atomic E-state index is 4.55. The molecule has 76 valence electrons. The van der Waals surface area contributed by atoms with Crippen LogP contribution in [0.4, 0.5) is 5.82 Å². The van der Waals surface area contributed by atoms with E-state index in [4.69, 9.17) is 0 Å². The van der Waals surface area contributed by atoms with Crippen molar-refractivity contribution in [3.63, 3.8) is 0 Å². The van der Waals surface area contributed by atoms with Gasteiger partial charge in [0.15, 0.2) is 5.65 Å². The molecular weight excluding hydrogens is 188 g/mol. The minimum absolute atomic E-state index is 0.669. The van der Waals surface area contributed by atoms with Crippen LogP contribution < -0.4 is 5.32 Å². The quantitative estimate of drug-likeness (QED) is 0.805. The fraction of sp³-hybridized carbons (Fsp3) is 0.364. The molecule has 1 aliphatic carbocycles. The first-order chi connectivity index (χ1) is 7.38. The van der Waals surface area contributed by atoms with Gasteiger partial charge in [0, 0.05) is 18.7 Å². The average Bonchev–Trinajstić information content (AvgIpc) is 3.11. The van der Waals surface area contributed by atoms with Crippen LogP contribution in [0.5, 0.6) is 0 Å². The Bertz CT molecular complexity index is 505. The van der Waals surface area contributed by atoms with Gasteiger partial charge in [0.1, 0.15) is 12.1 Å². The number of aromatic nitrogens is 3. The van der Waals surface area contributed by atoms with Gasteiger partial charge in [-0.1, -0.05) is 0 Å². The molecule has 4 heteroatoms. The highest BCUT2D eigenvalue weighted by atomic mass is 15.0. The monoisotopic (exact) mass is 200 g/mol. The number of rotatable bonds is 2. The number of anilines is 1. The van der Waals surface area contributed by atoms with E-state index in [1.807, 2.05) is 7.05 Å². The second kappa shape index (κ2) is 3.15. The molecular formula is C11H12N4. The second-order valence-corrected chi connectivity index (χ2v) is 3.85. The maximum Gasteiger partial charge on any atom is 0.164 e. The Balaban J connectivity index is 2.18. The zero-order chi connectivity index (χ0) is 10.3. The molecule has 0 bridgehead atoms. The molecule has 0 atom stereocenters. The molecule has 1 fully saturated rings. The Morgan fingerprint density at radius 2 is 2.13 bits per heavy atom. The molecule has 1 N–H and O–H groups in total. The minimum atomic E-state index is 0.669. The Hall–Kier alpha value is -1.71. The van der Waals surface area contributed by atoms with Crippen molar-refractivity contribution in [3.05, 3.63) is 24.2 Å². The lowest BCUT2D eigenvalue weighted by atomic mass is 10.2. The molecule has 2 aromatic heterocycles. The first-order valence-electron chi connectivity index (χ1n) is 5.18. The lowest BCUT2D eigenvalue weighted by Gasteiger charge is -2.04.